The second-order valence-electron chi connectivity index (χ2n) is 5.66. The van der Waals surface area contributed by atoms with E-state index in [1.807, 2.05) is 49.9 Å². The first kappa shape index (κ1) is 14.6. The third-order valence-electron chi connectivity index (χ3n) is 3.71. The van der Waals surface area contributed by atoms with Crippen LogP contribution in [0.1, 0.15) is 25.0 Å². The third kappa shape index (κ3) is 3.38. The Morgan fingerprint density at radius 2 is 1.85 bits per heavy atom. The van der Waals surface area contributed by atoms with Crippen molar-refractivity contribution in [2.45, 2.75) is 33.2 Å². The van der Waals surface area contributed by atoms with Gasteiger partial charge in [0.15, 0.2) is 0 Å². The average molecular weight is 274 g/mol. The lowest BCUT2D eigenvalue weighted by Gasteiger charge is -2.36. The minimum absolute atomic E-state index is 0.0330. The van der Waals surface area contributed by atoms with E-state index in [0.717, 1.165) is 5.56 Å². The van der Waals surface area contributed by atoms with Crippen LogP contribution in [0.2, 0.25) is 0 Å². The number of rotatable bonds is 3. The third-order valence-corrected chi connectivity index (χ3v) is 3.71. The van der Waals surface area contributed by atoms with Crippen molar-refractivity contribution in [3.63, 3.8) is 0 Å². The van der Waals surface area contributed by atoms with Gasteiger partial charge >= 0.3 is 0 Å². The van der Waals surface area contributed by atoms with Crippen molar-refractivity contribution in [2.75, 3.05) is 19.6 Å². The van der Waals surface area contributed by atoms with Crippen LogP contribution in [-0.2, 0) is 16.0 Å². The summed E-state index contributed by atoms with van der Waals surface area (Å²) in [5.41, 5.74) is 2.18. The van der Waals surface area contributed by atoms with Crippen LogP contribution in [-0.4, -0.2) is 47.3 Å². The zero-order valence-corrected chi connectivity index (χ0v) is 12.4. The first-order valence-corrected chi connectivity index (χ1v) is 7.10. The number of hydrogen-bond acceptors (Lipinski definition) is 2. The summed E-state index contributed by atoms with van der Waals surface area (Å²) in [4.78, 5) is 27.7. The summed E-state index contributed by atoms with van der Waals surface area (Å²) in [7, 11) is 0. The van der Waals surface area contributed by atoms with Gasteiger partial charge in [0.25, 0.3) is 0 Å². The average Bonchev–Trinajstić information content (AvgIpc) is 2.40. The summed E-state index contributed by atoms with van der Waals surface area (Å²) in [6.07, 6.45) is 0.370. The van der Waals surface area contributed by atoms with E-state index in [2.05, 4.69) is 0 Å². The molecule has 2 rings (SSSR count). The smallest absolute Gasteiger partial charge is 0.242 e. The Morgan fingerprint density at radius 1 is 1.20 bits per heavy atom. The molecule has 1 aromatic carbocycles. The molecule has 0 atom stereocenters. The molecule has 1 saturated heterocycles. The number of hydrogen-bond donors (Lipinski definition) is 0. The Morgan fingerprint density at radius 3 is 2.40 bits per heavy atom. The van der Waals surface area contributed by atoms with Crippen LogP contribution >= 0.6 is 0 Å². The fraction of sp³-hybridized carbons (Fsp3) is 0.500. The van der Waals surface area contributed by atoms with Gasteiger partial charge in [-0.2, -0.15) is 0 Å². The van der Waals surface area contributed by atoms with E-state index < -0.39 is 0 Å². The number of benzene rings is 1. The molecule has 0 saturated carbocycles. The molecule has 1 heterocycles. The SMILES string of the molecule is Cc1ccc(CC(=O)N2CCN(C(C)C)C(=O)C2)cc1. The molecule has 1 fully saturated rings. The van der Waals surface area contributed by atoms with E-state index in [1.165, 1.54) is 5.56 Å². The normalized spacial score (nSPS) is 15.9. The van der Waals surface area contributed by atoms with Gasteiger partial charge in [0, 0.05) is 19.1 Å². The Kier molecular flexibility index (Phi) is 4.42. The first-order valence-electron chi connectivity index (χ1n) is 7.10. The molecule has 20 heavy (non-hydrogen) atoms. The van der Waals surface area contributed by atoms with Crippen molar-refractivity contribution in [2.24, 2.45) is 0 Å². The lowest BCUT2D eigenvalue weighted by molar-refractivity contribution is -0.146. The molecule has 0 bridgehead atoms. The maximum Gasteiger partial charge on any atom is 0.242 e. The van der Waals surface area contributed by atoms with Gasteiger partial charge in [-0.15, -0.1) is 0 Å². The standard InChI is InChI=1S/C16H22N2O2/c1-12(2)18-9-8-17(11-16(18)20)15(19)10-14-6-4-13(3)5-7-14/h4-7,12H,8-11H2,1-3H3. The molecule has 4 nitrogen and oxygen atoms in total. The highest BCUT2D eigenvalue weighted by atomic mass is 16.2. The van der Waals surface area contributed by atoms with Crippen LogP contribution in [0.25, 0.3) is 0 Å². The van der Waals surface area contributed by atoms with Crippen molar-refractivity contribution in [1.29, 1.82) is 0 Å². The highest BCUT2D eigenvalue weighted by Gasteiger charge is 2.28. The van der Waals surface area contributed by atoms with Crippen molar-refractivity contribution in [3.05, 3.63) is 35.4 Å². The molecule has 0 spiro atoms. The second-order valence-corrected chi connectivity index (χ2v) is 5.66. The number of amides is 2. The van der Waals surface area contributed by atoms with Crippen LogP contribution < -0.4 is 0 Å². The summed E-state index contributed by atoms with van der Waals surface area (Å²) >= 11 is 0. The van der Waals surface area contributed by atoms with E-state index in [0.29, 0.717) is 19.5 Å². The molecule has 4 heteroatoms. The van der Waals surface area contributed by atoms with Gasteiger partial charge in [-0.05, 0) is 26.3 Å². The van der Waals surface area contributed by atoms with E-state index in [9.17, 15) is 9.59 Å². The van der Waals surface area contributed by atoms with Gasteiger partial charge in [0.2, 0.25) is 11.8 Å². The van der Waals surface area contributed by atoms with Crippen molar-refractivity contribution in [1.82, 2.24) is 9.80 Å². The quantitative estimate of drug-likeness (QED) is 0.840. The molecule has 0 aliphatic carbocycles. The summed E-state index contributed by atoms with van der Waals surface area (Å²) in [5.74, 6) is 0.0779. The molecule has 2 amide bonds. The Hall–Kier alpha value is -1.84. The predicted molar refractivity (Wildman–Crippen MR) is 78.3 cm³/mol. The molecule has 1 aliphatic rings. The fourth-order valence-electron chi connectivity index (χ4n) is 2.44. The van der Waals surface area contributed by atoms with E-state index in [1.54, 1.807) is 4.90 Å². The van der Waals surface area contributed by atoms with Crippen molar-refractivity contribution in [3.8, 4) is 0 Å². The number of aryl methyl sites for hydroxylation is 1. The zero-order chi connectivity index (χ0) is 14.7. The molecule has 108 valence electrons. The Labute approximate surface area is 120 Å². The molecule has 0 aromatic heterocycles. The molecule has 0 radical (unpaired) electrons. The molecular formula is C16H22N2O2. The number of carbonyl (C=O) groups is 2. The van der Waals surface area contributed by atoms with Crippen LogP contribution in [0.3, 0.4) is 0 Å². The Balaban J connectivity index is 1.94. The highest BCUT2D eigenvalue weighted by molar-refractivity contribution is 5.87. The first-order chi connectivity index (χ1) is 9.47. The predicted octanol–water partition coefficient (Wildman–Crippen LogP) is 1.62. The summed E-state index contributed by atoms with van der Waals surface area (Å²) < 4.78 is 0. The number of piperazine rings is 1. The van der Waals surface area contributed by atoms with Crippen LogP contribution in [0, 0.1) is 6.92 Å². The second kappa shape index (κ2) is 6.07. The van der Waals surface area contributed by atoms with E-state index >= 15 is 0 Å². The number of carbonyl (C=O) groups excluding carboxylic acids is 2. The lowest BCUT2D eigenvalue weighted by Crippen LogP contribution is -2.54. The summed E-state index contributed by atoms with van der Waals surface area (Å²) in [6, 6.07) is 8.16. The Bertz CT molecular complexity index is 494. The molecule has 0 N–H and O–H groups in total. The van der Waals surface area contributed by atoms with Gasteiger partial charge in [0.1, 0.15) is 0 Å². The van der Waals surface area contributed by atoms with Crippen LogP contribution in [0.5, 0.6) is 0 Å². The minimum Gasteiger partial charge on any atom is -0.337 e. The van der Waals surface area contributed by atoms with Gasteiger partial charge in [-0.3, -0.25) is 9.59 Å². The minimum atomic E-state index is 0.0330. The molecule has 1 aliphatic heterocycles. The van der Waals surface area contributed by atoms with Gasteiger partial charge in [0.05, 0.1) is 13.0 Å². The van der Waals surface area contributed by atoms with Gasteiger partial charge in [-0.25, -0.2) is 0 Å². The molecular weight excluding hydrogens is 252 g/mol. The molecule has 0 unspecified atom stereocenters. The van der Waals surface area contributed by atoms with Crippen LogP contribution in [0.15, 0.2) is 24.3 Å². The van der Waals surface area contributed by atoms with Gasteiger partial charge < -0.3 is 9.80 Å². The lowest BCUT2D eigenvalue weighted by atomic mass is 10.1. The van der Waals surface area contributed by atoms with E-state index in [-0.39, 0.29) is 24.4 Å². The van der Waals surface area contributed by atoms with E-state index in [4.69, 9.17) is 0 Å². The summed E-state index contributed by atoms with van der Waals surface area (Å²) in [5, 5.41) is 0. The molecule has 1 aromatic rings. The topological polar surface area (TPSA) is 40.6 Å². The van der Waals surface area contributed by atoms with Gasteiger partial charge in [-0.1, -0.05) is 29.8 Å². The van der Waals surface area contributed by atoms with Crippen molar-refractivity contribution < 1.29 is 9.59 Å². The summed E-state index contributed by atoms with van der Waals surface area (Å²) in [6.45, 7) is 7.51. The highest BCUT2D eigenvalue weighted by Crippen LogP contribution is 2.10. The monoisotopic (exact) mass is 274 g/mol. The maximum absolute atomic E-state index is 12.2. The fourth-order valence-corrected chi connectivity index (χ4v) is 2.44. The van der Waals surface area contributed by atoms with Crippen molar-refractivity contribution >= 4 is 11.8 Å². The largest absolute Gasteiger partial charge is 0.337 e. The van der Waals surface area contributed by atoms with Crippen LogP contribution in [0.4, 0.5) is 0 Å². The zero-order valence-electron chi connectivity index (χ0n) is 12.4. The number of nitrogens with zero attached hydrogens (tertiary/aromatic N) is 2. The maximum atomic E-state index is 12.2.